The molecular weight excluding hydrogens is 325 g/mol. The van der Waals surface area contributed by atoms with Gasteiger partial charge in [0.05, 0.1) is 19.6 Å². The smallest absolute Gasteiger partial charge is 0.234 e. The lowest BCUT2D eigenvalue weighted by Gasteiger charge is -2.34. The van der Waals surface area contributed by atoms with Gasteiger partial charge in [-0.1, -0.05) is 0 Å². The highest BCUT2D eigenvalue weighted by Crippen LogP contribution is 2.11. The number of amides is 2. The second kappa shape index (κ2) is 9.36. The SMILES string of the molecule is CC(C)NC(=O)CN1CCN(C(=O)CCOc2ccc(F)cc2)CC1. The van der Waals surface area contributed by atoms with Crippen molar-refractivity contribution in [2.24, 2.45) is 0 Å². The number of rotatable bonds is 7. The van der Waals surface area contributed by atoms with E-state index in [1.54, 1.807) is 17.0 Å². The molecule has 1 saturated heterocycles. The monoisotopic (exact) mass is 351 g/mol. The molecule has 25 heavy (non-hydrogen) atoms. The number of ether oxygens (including phenoxy) is 1. The van der Waals surface area contributed by atoms with Gasteiger partial charge in [-0.25, -0.2) is 4.39 Å². The largest absolute Gasteiger partial charge is 0.493 e. The molecule has 2 rings (SSSR count). The molecule has 1 aliphatic rings. The van der Waals surface area contributed by atoms with Crippen molar-refractivity contribution < 1.29 is 18.7 Å². The van der Waals surface area contributed by atoms with Gasteiger partial charge in [0.25, 0.3) is 0 Å². The molecule has 1 fully saturated rings. The summed E-state index contributed by atoms with van der Waals surface area (Å²) in [6, 6.07) is 5.87. The van der Waals surface area contributed by atoms with Gasteiger partial charge in [-0.05, 0) is 38.1 Å². The van der Waals surface area contributed by atoms with Crippen LogP contribution in [0.5, 0.6) is 5.75 Å². The van der Waals surface area contributed by atoms with E-state index in [2.05, 4.69) is 10.2 Å². The van der Waals surface area contributed by atoms with E-state index in [-0.39, 0.29) is 36.7 Å². The van der Waals surface area contributed by atoms with Crippen molar-refractivity contribution in [2.45, 2.75) is 26.3 Å². The van der Waals surface area contributed by atoms with E-state index in [1.807, 2.05) is 13.8 Å². The molecule has 7 heteroatoms. The van der Waals surface area contributed by atoms with Crippen LogP contribution in [-0.4, -0.2) is 67.0 Å². The topological polar surface area (TPSA) is 61.9 Å². The molecule has 0 saturated carbocycles. The molecule has 2 amide bonds. The Morgan fingerprint density at radius 1 is 1.16 bits per heavy atom. The van der Waals surface area contributed by atoms with E-state index in [0.29, 0.717) is 38.5 Å². The molecule has 0 atom stereocenters. The number of carbonyl (C=O) groups excluding carboxylic acids is 2. The third-order valence-corrected chi connectivity index (χ3v) is 3.94. The summed E-state index contributed by atoms with van der Waals surface area (Å²) in [6.45, 7) is 7.11. The molecule has 0 bridgehead atoms. The summed E-state index contributed by atoms with van der Waals surface area (Å²) in [5, 5.41) is 2.87. The molecule has 1 aliphatic heterocycles. The molecule has 1 N–H and O–H groups in total. The highest BCUT2D eigenvalue weighted by molar-refractivity contribution is 5.78. The quantitative estimate of drug-likeness (QED) is 0.804. The van der Waals surface area contributed by atoms with Crippen LogP contribution in [-0.2, 0) is 9.59 Å². The molecule has 0 aliphatic carbocycles. The molecule has 0 unspecified atom stereocenters. The first kappa shape index (κ1) is 19.2. The zero-order valence-electron chi connectivity index (χ0n) is 14.8. The Labute approximate surface area is 147 Å². The van der Waals surface area contributed by atoms with Crippen LogP contribution in [0, 0.1) is 5.82 Å². The highest BCUT2D eigenvalue weighted by atomic mass is 19.1. The Morgan fingerprint density at radius 2 is 1.80 bits per heavy atom. The van der Waals surface area contributed by atoms with Crippen LogP contribution in [0.15, 0.2) is 24.3 Å². The summed E-state index contributed by atoms with van der Waals surface area (Å²) in [5.74, 6) is 0.287. The van der Waals surface area contributed by atoms with Crippen LogP contribution in [0.25, 0.3) is 0 Å². The maximum Gasteiger partial charge on any atom is 0.234 e. The summed E-state index contributed by atoms with van der Waals surface area (Å²) in [4.78, 5) is 27.8. The van der Waals surface area contributed by atoms with Crippen LogP contribution in [0.3, 0.4) is 0 Å². The first-order valence-corrected chi connectivity index (χ1v) is 8.62. The summed E-state index contributed by atoms with van der Waals surface area (Å²) in [6.07, 6.45) is 0.283. The van der Waals surface area contributed by atoms with E-state index in [4.69, 9.17) is 4.74 Å². The molecule has 0 spiro atoms. The zero-order chi connectivity index (χ0) is 18.2. The molecule has 1 heterocycles. The fourth-order valence-corrected chi connectivity index (χ4v) is 2.67. The van der Waals surface area contributed by atoms with Crippen molar-refractivity contribution >= 4 is 11.8 Å². The third-order valence-electron chi connectivity index (χ3n) is 3.94. The van der Waals surface area contributed by atoms with Crippen molar-refractivity contribution in [3.8, 4) is 5.75 Å². The van der Waals surface area contributed by atoms with Crippen molar-refractivity contribution in [1.82, 2.24) is 15.1 Å². The van der Waals surface area contributed by atoms with Crippen LogP contribution in [0.4, 0.5) is 4.39 Å². The first-order chi connectivity index (χ1) is 11.9. The predicted molar refractivity (Wildman–Crippen MR) is 92.8 cm³/mol. The number of nitrogens with one attached hydrogen (secondary N) is 1. The van der Waals surface area contributed by atoms with Gasteiger partial charge in [0.15, 0.2) is 0 Å². The van der Waals surface area contributed by atoms with Gasteiger partial charge < -0.3 is 15.0 Å². The Kier molecular flexibility index (Phi) is 7.18. The number of benzene rings is 1. The predicted octanol–water partition coefficient (Wildman–Crippen LogP) is 1.26. The van der Waals surface area contributed by atoms with Gasteiger partial charge in [-0.15, -0.1) is 0 Å². The number of halogens is 1. The van der Waals surface area contributed by atoms with Gasteiger partial charge >= 0.3 is 0 Å². The van der Waals surface area contributed by atoms with Crippen molar-refractivity contribution in [3.63, 3.8) is 0 Å². The van der Waals surface area contributed by atoms with Gasteiger partial charge in [-0.3, -0.25) is 14.5 Å². The Balaban J connectivity index is 1.65. The summed E-state index contributed by atoms with van der Waals surface area (Å²) >= 11 is 0. The minimum atomic E-state index is -0.316. The van der Waals surface area contributed by atoms with Crippen molar-refractivity contribution in [3.05, 3.63) is 30.1 Å². The fourth-order valence-electron chi connectivity index (χ4n) is 2.67. The Hall–Kier alpha value is -2.15. The second-order valence-corrected chi connectivity index (χ2v) is 6.43. The van der Waals surface area contributed by atoms with E-state index in [0.717, 1.165) is 0 Å². The van der Waals surface area contributed by atoms with E-state index < -0.39 is 0 Å². The summed E-state index contributed by atoms with van der Waals surface area (Å²) < 4.78 is 18.3. The molecule has 6 nitrogen and oxygen atoms in total. The minimum Gasteiger partial charge on any atom is -0.493 e. The number of carbonyl (C=O) groups is 2. The van der Waals surface area contributed by atoms with Crippen LogP contribution in [0.2, 0.25) is 0 Å². The molecular formula is C18H26FN3O3. The average molecular weight is 351 g/mol. The summed E-state index contributed by atoms with van der Waals surface area (Å²) in [5.41, 5.74) is 0. The molecule has 138 valence electrons. The number of nitrogens with zero attached hydrogens (tertiary/aromatic N) is 2. The van der Waals surface area contributed by atoms with E-state index in [1.165, 1.54) is 12.1 Å². The third kappa shape index (κ3) is 6.70. The lowest BCUT2D eigenvalue weighted by Crippen LogP contribution is -2.51. The molecule has 1 aromatic rings. The normalized spacial score (nSPS) is 15.3. The Bertz CT molecular complexity index is 569. The van der Waals surface area contributed by atoms with E-state index in [9.17, 15) is 14.0 Å². The van der Waals surface area contributed by atoms with Gasteiger partial charge in [0.2, 0.25) is 11.8 Å². The minimum absolute atomic E-state index is 0.0162. The van der Waals surface area contributed by atoms with Crippen molar-refractivity contribution in [2.75, 3.05) is 39.3 Å². The van der Waals surface area contributed by atoms with Crippen LogP contribution in [0.1, 0.15) is 20.3 Å². The molecule has 0 radical (unpaired) electrons. The van der Waals surface area contributed by atoms with Crippen LogP contribution >= 0.6 is 0 Å². The van der Waals surface area contributed by atoms with Gasteiger partial charge in [0.1, 0.15) is 11.6 Å². The number of piperazine rings is 1. The second-order valence-electron chi connectivity index (χ2n) is 6.43. The average Bonchev–Trinajstić information content (AvgIpc) is 2.56. The number of hydrogen-bond acceptors (Lipinski definition) is 4. The van der Waals surface area contributed by atoms with Gasteiger partial charge in [0, 0.05) is 32.2 Å². The molecule has 0 aromatic heterocycles. The maximum atomic E-state index is 12.8. The van der Waals surface area contributed by atoms with Crippen LogP contribution < -0.4 is 10.1 Å². The van der Waals surface area contributed by atoms with E-state index >= 15 is 0 Å². The lowest BCUT2D eigenvalue weighted by molar-refractivity contribution is -0.133. The highest BCUT2D eigenvalue weighted by Gasteiger charge is 2.22. The first-order valence-electron chi connectivity index (χ1n) is 8.62. The Morgan fingerprint density at radius 3 is 2.40 bits per heavy atom. The van der Waals surface area contributed by atoms with Crippen molar-refractivity contribution in [1.29, 1.82) is 0 Å². The zero-order valence-corrected chi connectivity index (χ0v) is 14.8. The summed E-state index contributed by atoms with van der Waals surface area (Å²) in [7, 11) is 0. The standard InChI is InChI=1S/C18H26FN3O3/c1-14(2)20-17(23)13-21-8-10-22(11-9-21)18(24)7-12-25-16-5-3-15(19)4-6-16/h3-6,14H,7-13H2,1-2H3,(H,20,23). The van der Waals surface area contributed by atoms with Gasteiger partial charge in [-0.2, -0.15) is 0 Å². The maximum absolute atomic E-state index is 12.8. The lowest BCUT2D eigenvalue weighted by atomic mass is 10.2. The number of hydrogen-bond donors (Lipinski definition) is 1. The fraction of sp³-hybridized carbons (Fsp3) is 0.556. The molecule has 1 aromatic carbocycles.